The first kappa shape index (κ1) is 41.5. The van der Waals surface area contributed by atoms with Crippen LogP contribution < -0.4 is 21.8 Å². The lowest BCUT2D eigenvalue weighted by Gasteiger charge is -2.17. The summed E-state index contributed by atoms with van der Waals surface area (Å²) in [5.41, 5.74) is 7.52. The highest BCUT2D eigenvalue weighted by Gasteiger charge is 2.09. The molecule has 6 N–H and O–H groups in total. The molecule has 0 fully saturated rings. The van der Waals surface area contributed by atoms with Crippen LogP contribution in [0, 0.1) is 0 Å². The van der Waals surface area contributed by atoms with E-state index in [-0.39, 0.29) is 28.7 Å². The molecule has 228 valence electrons. The number of phenolic OH excluding ortho intramolecular Hbond substituents is 1. The number of nitrogens with one attached hydrogen (secondary N) is 3. The van der Waals surface area contributed by atoms with Gasteiger partial charge in [0.1, 0.15) is 12.5 Å². The minimum absolute atomic E-state index is 0.00824. The lowest BCUT2D eigenvalue weighted by Crippen LogP contribution is -2.40. The van der Waals surface area contributed by atoms with Gasteiger partial charge in [0.05, 0.1) is 11.5 Å². The quantitative estimate of drug-likeness (QED) is 0.0671. The monoisotopic (exact) mass is 591 g/mol. The third kappa shape index (κ3) is 27.4. The maximum atomic E-state index is 11.9. The number of unbranched alkanes of at least 4 members (excludes halogenated alkanes) is 4. The van der Waals surface area contributed by atoms with Gasteiger partial charge in [0, 0.05) is 38.2 Å². The summed E-state index contributed by atoms with van der Waals surface area (Å²) in [6, 6.07) is 6.49. The van der Waals surface area contributed by atoms with E-state index >= 15 is 0 Å². The SMILES string of the molecule is CC.CCNC(=O)CC(C)S.CN.CN(COCS)NC(=O)CCCCCCCNC(=O)c1ccccc1O. The van der Waals surface area contributed by atoms with E-state index in [1.807, 2.05) is 27.7 Å². The fourth-order valence-electron chi connectivity index (χ4n) is 2.92. The molecule has 0 radical (unpaired) electrons. The molecule has 0 aliphatic carbocycles. The molecule has 1 aromatic rings. The lowest BCUT2D eigenvalue weighted by atomic mass is 10.1. The number of carbonyl (C=O) groups is 3. The summed E-state index contributed by atoms with van der Waals surface area (Å²) in [7, 11) is 3.24. The second-order valence-electron chi connectivity index (χ2n) is 7.99. The first-order valence-electron chi connectivity index (χ1n) is 13.5. The summed E-state index contributed by atoms with van der Waals surface area (Å²) in [4.78, 5) is 34.3. The van der Waals surface area contributed by atoms with Crippen molar-refractivity contribution in [2.24, 2.45) is 5.73 Å². The van der Waals surface area contributed by atoms with Crippen LogP contribution in [0.25, 0.3) is 0 Å². The minimum Gasteiger partial charge on any atom is -0.507 e. The second-order valence-corrected chi connectivity index (χ2v) is 9.13. The highest BCUT2D eigenvalue weighted by atomic mass is 32.1. The average molecular weight is 592 g/mol. The van der Waals surface area contributed by atoms with Gasteiger partial charge in [0.15, 0.2) is 0 Å². The molecule has 0 saturated carbocycles. The van der Waals surface area contributed by atoms with E-state index in [4.69, 9.17) is 4.74 Å². The predicted molar refractivity (Wildman–Crippen MR) is 167 cm³/mol. The highest BCUT2D eigenvalue weighted by molar-refractivity contribution is 7.81. The molecule has 0 heterocycles. The van der Waals surface area contributed by atoms with Crippen LogP contribution in [0.5, 0.6) is 5.75 Å². The van der Waals surface area contributed by atoms with E-state index in [2.05, 4.69) is 47.1 Å². The van der Waals surface area contributed by atoms with E-state index in [1.165, 1.54) is 13.1 Å². The number of hydrogen-bond acceptors (Lipinski definition) is 9. The molecular formula is C27H53N5O5S2. The van der Waals surface area contributed by atoms with Gasteiger partial charge in [-0.25, -0.2) is 0 Å². The molecule has 10 nitrogen and oxygen atoms in total. The van der Waals surface area contributed by atoms with Gasteiger partial charge in [-0.1, -0.05) is 52.2 Å². The number of aromatic hydroxyl groups is 1. The number of ether oxygens (including phenoxy) is 1. The Kier molecular flexibility index (Phi) is 32.5. The molecule has 0 bridgehead atoms. The topological polar surface area (TPSA) is 146 Å². The fourth-order valence-corrected chi connectivity index (χ4v) is 3.17. The standard InChI is InChI=1S/C18H29N3O4S.C6H13NOS.C2H6.CH5N/c1-21(13-25-14-26)20-17(23)11-5-3-2-4-8-12-19-18(24)15-9-6-7-10-16(15)22;1-3-7-6(8)4-5(2)9;2*1-2/h6-7,9-10,22,26H,2-5,8,11-14H2,1H3,(H,19,24)(H,20,23);5,9H,3-4H2,1-2H3,(H,7,8);1-2H3;2H2,1H3. The van der Waals surface area contributed by atoms with E-state index in [1.54, 1.807) is 30.3 Å². The molecule has 0 aromatic heterocycles. The van der Waals surface area contributed by atoms with Crippen LogP contribution in [0.15, 0.2) is 24.3 Å². The van der Waals surface area contributed by atoms with Crippen molar-refractivity contribution < 1.29 is 24.2 Å². The maximum absolute atomic E-state index is 11.9. The summed E-state index contributed by atoms with van der Waals surface area (Å²) >= 11 is 8.00. The summed E-state index contributed by atoms with van der Waals surface area (Å²) in [5.74, 6) is 0.106. The third-order valence-corrected chi connectivity index (χ3v) is 4.93. The van der Waals surface area contributed by atoms with Crippen molar-refractivity contribution in [3.05, 3.63) is 29.8 Å². The zero-order valence-electron chi connectivity index (χ0n) is 24.7. The van der Waals surface area contributed by atoms with Crippen molar-refractivity contribution in [2.45, 2.75) is 77.9 Å². The van der Waals surface area contributed by atoms with Gasteiger partial charge in [0.2, 0.25) is 11.8 Å². The molecule has 39 heavy (non-hydrogen) atoms. The normalized spacial score (nSPS) is 10.4. The van der Waals surface area contributed by atoms with E-state index in [0.29, 0.717) is 44.2 Å². The second kappa shape index (κ2) is 30.6. The first-order valence-corrected chi connectivity index (χ1v) is 14.6. The smallest absolute Gasteiger partial charge is 0.255 e. The van der Waals surface area contributed by atoms with Crippen LogP contribution in [0.4, 0.5) is 0 Å². The predicted octanol–water partition coefficient (Wildman–Crippen LogP) is 3.72. The van der Waals surface area contributed by atoms with Crippen molar-refractivity contribution >= 4 is 43.0 Å². The molecule has 3 amide bonds. The van der Waals surface area contributed by atoms with Crippen LogP contribution in [0.2, 0.25) is 0 Å². The van der Waals surface area contributed by atoms with Crippen LogP contribution >= 0.6 is 25.3 Å². The van der Waals surface area contributed by atoms with E-state index < -0.39 is 0 Å². The Morgan fingerprint density at radius 2 is 1.62 bits per heavy atom. The molecule has 0 aliphatic heterocycles. The van der Waals surface area contributed by atoms with Crippen LogP contribution in [0.1, 0.15) is 83.0 Å². The van der Waals surface area contributed by atoms with Crippen molar-refractivity contribution in [3.8, 4) is 5.75 Å². The Balaban J connectivity index is -0.000000835. The minimum atomic E-state index is -0.259. The number of rotatable bonds is 16. The Bertz CT molecular complexity index is 742. The number of benzene rings is 1. The molecular weight excluding hydrogens is 538 g/mol. The van der Waals surface area contributed by atoms with E-state index in [9.17, 15) is 19.5 Å². The summed E-state index contributed by atoms with van der Waals surface area (Å²) in [5, 5.41) is 16.9. The number of nitrogens with two attached hydrogens (primary N) is 1. The zero-order chi connectivity index (χ0) is 30.5. The number of thiol groups is 2. The maximum Gasteiger partial charge on any atom is 0.255 e. The van der Waals surface area contributed by atoms with Crippen LogP contribution in [-0.2, 0) is 14.3 Å². The van der Waals surface area contributed by atoms with Gasteiger partial charge in [0.25, 0.3) is 5.91 Å². The number of hydrogen-bond donors (Lipinski definition) is 7. The Hall–Kier alpha value is -1.99. The molecule has 1 rings (SSSR count). The Labute approximate surface area is 247 Å². The molecule has 1 atom stereocenters. The average Bonchev–Trinajstić information content (AvgIpc) is 2.91. The van der Waals surface area contributed by atoms with E-state index in [0.717, 1.165) is 32.1 Å². The molecule has 0 saturated heterocycles. The van der Waals surface area contributed by atoms with Crippen molar-refractivity contribution in [1.82, 2.24) is 21.1 Å². The van der Waals surface area contributed by atoms with Gasteiger partial charge in [-0.05, 0) is 38.9 Å². The van der Waals surface area contributed by atoms with Gasteiger partial charge in [-0.15, -0.1) is 0 Å². The summed E-state index contributed by atoms with van der Waals surface area (Å²) < 4.78 is 5.06. The van der Waals surface area contributed by atoms with Crippen molar-refractivity contribution in [2.75, 3.05) is 39.9 Å². The van der Waals surface area contributed by atoms with Crippen molar-refractivity contribution in [3.63, 3.8) is 0 Å². The third-order valence-electron chi connectivity index (χ3n) is 4.56. The molecule has 0 spiro atoms. The van der Waals surface area contributed by atoms with Gasteiger partial charge in [-0.2, -0.15) is 30.3 Å². The number of nitrogens with zero attached hydrogens (tertiary/aromatic N) is 1. The van der Waals surface area contributed by atoms with Crippen LogP contribution in [-0.4, -0.2) is 72.9 Å². The molecule has 1 unspecified atom stereocenters. The lowest BCUT2D eigenvalue weighted by molar-refractivity contribution is -0.127. The van der Waals surface area contributed by atoms with Crippen LogP contribution in [0.3, 0.4) is 0 Å². The molecule has 0 aliphatic rings. The largest absolute Gasteiger partial charge is 0.507 e. The summed E-state index contributed by atoms with van der Waals surface area (Å²) in [6.45, 7) is 9.39. The van der Waals surface area contributed by atoms with Gasteiger partial charge < -0.3 is 26.2 Å². The number of amides is 3. The fraction of sp³-hybridized carbons (Fsp3) is 0.667. The van der Waals surface area contributed by atoms with Crippen molar-refractivity contribution in [1.29, 1.82) is 0 Å². The highest BCUT2D eigenvalue weighted by Crippen LogP contribution is 2.15. The number of carbonyl (C=O) groups excluding carboxylic acids is 3. The number of hydrazine groups is 1. The summed E-state index contributed by atoms with van der Waals surface area (Å²) in [6.07, 6.45) is 5.66. The molecule has 1 aromatic carbocycles. The van der Waals surface area contributed by atoms with Gasteiger partial charge >= 0.3 is 0 Å². The molecule has 12 heteroatoms. The van der Waals surface area contributed by atoms with Gasteiger partial charge in [-0.3, -0.25) is 19.8 Å². The Morgan fingerprint density at radius 3 is 2.18 bits per heavy atom. The Morgan fingerprint density at radius 1 is 1.03 bits per heavy atom. The zero-order valence-corrected chi connectivity index (χ0v) is 26.5. The first-order chi connectivity index (χ1) is 18.7. The number of para-hydroxylation sites is 1. The number of phenols is 1.